The molecule has 4 aromatic rings. The van der Waals surface area contributed by atoms with E-state index in [1.54, 1.807) is 35.0 Å². The summed E-state index contributed by atoms with van der Waals surface area (Å²) < 4.78 is 6.59. The summed E-state index contributed by atoms with van der Waals surface area (Å²) in [5, 5.41) is 6.11. The number of hydrogen-bond acceptors (Lipinski definition) is 5. The fraction of sp³-hybridized carbons (Fsp3) is 0.0909. The first-order chi connectivity index (χ1) is 14.9. The summed E-state index contributed by atoms with van der Waals surface area (Å²) >= 11 is 18.6. The Morgan fingerprint density at radius 3 is 2.23 bits per heavy atom. The molecule has 4 rings (SSSR count). The summed E-state index contributed by atoms with van der Waals surface area (Å²) in [7, 11) is 1.46. The third-order valence-corrected chi connectivity index (χ3v) is 5.46. The molecule has 6 nitrogen and oxygen atoms in total. The van der Waals surface area contributed by atoms with E-state index in [0.717, 1.165) is 5.56 Å². The molecule has 0 unspecified atom stereocenters. The van der Waals surface area contributed by atoms with Gasteiger partial charge in [-0.05, 0) is 37.3 Å². The molecule has 2 heterocycles. The Morgan fingerprint density at radius 2 is 1.61 bits per heavy atom. The Balaban J connectivity index is 1.91. The van der Waals surface area contributed by atoms with Crippen molar-refractivity contribution >= 4 is 40.6 Å². The molecular weight excluding hydrogens is 459 g/mol. The number of carbonyl (C=O) groups is 1. The number of aromatic nitrogens is 4. The zero-order valence-electron chi connectivity index (χ0n) is 16.4. The minimum Gasteiger partial charge on any atom is -0.467 e. The molecule has 0 aliphatic rings. The van der Waals surface area contributed by atoms with Gasteiger partial charge in [0, 0.05) is 33.6 Å². The van der Waals surface area contributed by atoms with Crippen LogP contribution < -0.4 is 4.74 Å². The average molecular weight is 474 g/mol. The van der Waals surface area contributed by atoms with Crippen LogP contribution in [0, 0.1) is 6.92 Å². The van der Waals surface area contributed by atoms with Crippen molar-refractivity contribution in [1.29, 1.82) is 0 Å². The number of methoxy groups -OCH3 is 1. The van der Waals surface area contributed by atoms with Gasteiger partial charge in [-0.2, -0.15) is 5.10 Å². The van der Waals surface area contributed by atoms with Crippen LogP contribution in [0.2, 0.25) is 15.1 Å². The Bertz CT molecular complexity index is 1270. The summed E-state index contributed by atoms with van der Waals surface area (Å²) in [4.78, 5) is 21.2. The van der Waals surface area contributed by atoms with Gasteiger partial charge in [0.1, 0.15) is 5.69 Å². The zero-order chi connectivity index (χ0) is 22.1. The van der Waals surface area contributed by atoms with Gasteiger partial charge in [0.15, 0.2) is 0 Å². The van der Waals surface area contributed by atoms with E-state index in [4.69, 9.17) is 39.5 Å². The molecule has 0 saturated carbocycles. The second kappa shape index (κ2) is 8.67. The minimum absolute atomic E-state index is 0.175. The van der Waals surface area contributed by atoms with Crippen molar-refractivity contribution in [1.82, 2.24) is 19.7 Å². The van der Waals surface area contributed by atoms with E-state index in [1.807, 2.05) is 19.1 Å². The molecule has 0 N–H and O–H groups in total. The van der Waals surface area contributed by atoms with E-state index >= 15 is 0 Å². The van der Waals surface area contributed by atoms with Crippen molar-refractivity contribution in [3.05, 3.63) is 86.7 Å². The highest BCUT2D eigenvalue weighted by Gasteiger charge is 2.24. The average Bonchev–Trinajstić information content (AvgIpc) is 3.10. The first-order valence-electron chi connectivity index (χ1n) is 9.10. The topological polar surface area (TPSA) is 69.9 Å². The normalized spacial score (nSPS) is 10.9. The Kier molecular flexibility index (Phi) is 5.96. The number of nitrogens with zero attached hydrogens (tertiary/aromatic N) is 4. The standard InChI is InChI=1S/C22H15Cl3N4O2/c1-12-19(21(30)14-10-26-22(31-2)27-11-14)28-29(18-8-7-16(24)9-17(18)25)20(12)13-3-5-15(23)6-4-13/h3-11H,1-2H3. The van der Waals surface area contributed by atoms with Crippen molar-refractivity contribution in [3.63, 3.8) is 0 Å². The number of ketones is 1. The number of ether oxygens (including phenoxy) is 1. The predicted molar refractivity (Wildman–Crippen MR) is 121 cm³/mol. The van der Waals surface area contributed by atoms with Crippen LogP contribution in [0.15, 0.2) is 54.9 Å². The maximum absolute atomic E-state index is 13.2. The molecule has 31 heavy (non-hydrogen) atoms. The highest BCUT2D eigenvalue weighted by atomic mass is 35.5. The quantitative estimate of drug-likeness (QED) is 0.341. The number of halogens is 3. The monoisotopic (exact) mass is 472 g/mol. The van der Waals surface area contributed by atoms with Crippen LogP contribution in [0.4, 0.5) is 0 Å². The Hall–Kier alpha value is -2.93. The van der Waals surface area contributed by atoms with E-state index in [-0.39, 0.29) is 17.5 Å². The summed E-state index contributed by atoms with van der Waals surface area (Å²) in [6.45, 7) is 1.83. The van der Waals surface area contributed by atoms with Gasteiger partial charge in [-0.3, -0.25) is 4.79 Å². The van der Waals surface area contributed by atoms with Gasteiger partial charge in [0.25, 0.3) is 0 Å². The van der Waals surface area contributed by atoms with Gasteiger partial charge in [0.2, 0.25) is 5.78 Å². The molecule has 0 spiro atoms. The zero-order valence-corrected chi connectivity index (χ0v) is 18.7. The third-order valence-electron chi connectivity index (χ3n) is 4.67. The van der Waals surface area contributed by atoms with Crippen LogP contribution in [0.1, 0.15) is 21.6 Å². The molecule has 0 aliphatic carbocycles. The second-order valence-electron chi connectivity index (χ2n) is 6.62. The maximum Gasteiger partial charge on any atom is 0.316 e. The van der Waals surface area contributed by atoms with Crippen LogP contribution in [0.3, 0.4) is 0 Å². The molecule has 0 bridgehead atoms. The van der Waals surface area contributed by atoms with Gasteiger partial charge in [0.05, 0.1) is 29.1 Å². The predicted octanol–water partition coefficient (Wildman–Crippen LogP) is 5.84. The number of hydrogen-bond donors (Lipinski definition) is 0. The highest BCUT2D eigenvalue weighted by molar-refractivity contribution is 6.35. The Labute approximate surface area is 193 Å². The molecule has 0 saturated heterocycles. The second-order valence-corrected chi connectivity index (χ2v) is 7.90. The fourth-order valence-corrected chi connectivity index (χ4v) is 3.78. The molecule has 156 valence electrons. The largest absolute Gasteiger partial charge is 0.467 e. The summed E-state index contributed by atoms with van der Waals surface area (Å²) in [5.41, 5.74) is 3.34. The molecule has 0 fully saturated rings. The van der Waals surface area contributed by atoms with Crippen LogP contribution in [-0.4, -0.2) is 32.6 Å². The highest BCUT2D eigenvalue weighted by Crippen LogP contribution is 2.33. The molecule has 0 amide bonds. The number of rotatable bonds is 5. The van der Waals surface area contributed by atoms with Crippen molar-refractivity contribution in [2.45, 2.75) is 6.92 Å². The van der Waals surface area contributed by atoms with Crippen molar-refractivity contribution < 1.29 is 9.53 Å². The summed E-state index contributed by atoms with van der Waals surface area (Å²) in [5.74, 6) is -0.320. The molecular formula is C22H15Cl3N4O2. The maximum atomic E-state index is 13.2. The lowest BCUT2D eigenvalue weighted by Crippen LogP contribution is -2.07. The molecule has 0 aliphatic heterocycles. The summed E-state index contributed by atoms with van der Waals surface area (Å²) in [6.07, 6.45) is 2.81. The van der Waals surface area contributed by atoms with E-state index in [2.05, 4.69) is 15.1 Å². The molecule has 0 atom stereocenters. The molecule has 9 heteroatoms. The molecule has 2 aromatic heterocycles. The van der Waals surface area contributed by atoms with E-state index in [0.29, 0.717) is 37.6 Å². The van der Waals surface area contributed by atoms with E-state index in [1.165, 1.54) is 19.5 Å². The van der Waals surface area contributed by atoms with E-state index in [9.17, 15) is 4.79 Å². The van der Waals surface area contributed by atoms with Crippen molar-refractivity contribution in [2.75, 3.05) is 7.11 Å². The first kappa shape index (κ1) is 21.3. The van der Waals surface area contributed by atoms with Crippen LogP contribution >= 0.6 is 34.8 Å². The summed E-state index contributed by atoms with van der Waals surface area (Å²) in [6, 6.07) is 12.5. The first-order valence-corrected chi connectivity index (χ1v) is 10.2. The van der Waals surface area contributed by atoms with Gasteiger partial charge in [-0.25, -0.2) is 14.6 Å². The van der Waals surface area contributed by atoms with E-state index < -0.39 is 0 Å². The van der Waals surface area contributed by atoms with Crippen LogP contribution in [0.25, 0.3) is 16.9 Å². The van der Waals surface area contributed by atoms with Gasteiger partial charge >= 0.3 is 6.01 Å². The third kappa shape index (κ3) is 4.14. The SMILES string of the molecule is COc1ncc(C(=O)c2nn(-c3ccc(Cl)cc3Cl)c(-c3ccc(Cl)cc3)c2C)cn1. The minimum atomic E-state index is -0.320. The number of carbonyl (C=O) groups excluding carboxylic acids is 1. The Morgan fingerprint density at radius 1 is 0.968 bits per heavy atom. The fourth-order valence-electron chi connectivity index (χ4n) is 3.16. The smallest absolute Gasteiger partial charge is 0.316 e. The number of benzene rings is 2. The van der Waals surface area contributed by atoms with Gasteiger partial charge in [-0.1, -0.05) is 46.9 Å². The van der Waals surface area contributed by atoms with Gasteiger partial charge < -0.3 is 4.74 Å². The lowest BCUT2D eigenvalue weighted by molar-refractivity contribution is 0.103. The van der Waals surface area contributed by atoms with Crippen molar-refractivity contribution in [2.24, 2.45) is 0 Å². The molecule has 2 aromatic carbocycles. The van der Waals surface area contributed by atoms with Crippen LogP contribution in [-0.2, 0) is 0 Å². The van der Waals surface area contributed by atoms with Gasteiger partial charge in [-0.15, -0.1) is 0 Å². The van der Waals surface area contributed by atoms with Crippen LogP contribution in [0.5, 0.6) is 6.01 Å². The van der Waals surface area contributed by atoms with Crippen molar-refractivity contribution in [3.8, 4) is 23.0 Å². The lowest BCUT2D eigenvalue weighted by Gasteiger charge is -2.11. The lowest BCUT2D eigenvalue weighted by atomic mass is 10.0. The molecule has 0 radical (unpaired) electrons.